The standard InChI is InChI=1S/C27H29NO4/c1-16(2)32-27(30)24-17(3)28-21-14-19(18-10-6-5-7-11-18)15-22(29)26(21)25(24)20-12-8-9-13-23(20)31-4/h5-13,16,19,24-25H,14-15H2,1-4H3/t19-,24?,25-/m1/s1. The van der Waals surface area contributed by atoms with Crippen LogP contribution in [0, 0.1) is 5.92 Å². The van der Waals surface area contributed by atoms with Crippen LogP contribution in [-0.2, 0) is 14.3 Å². The van der Waals surface area contributed by atoms with Gasteiger partial charge >= 0.3 is 5.97 Å². The Morgan fingerprint density at radius 2 is 1.72 bits per heavy atom. The van der Waals surface area contributed by atoms with Crippen molar-refractivity contribution in [3.8, 4) is 5.75 Å². The molecule has 0 N–H and O–H groups in total. The highest BCUT2D eigenvalue weighted by Crippen LogP contribution is 2.48. The van der Waals surface area contributed by atoms with E-state index in [0.717, 1.165) is 16.8 Å². The number of hydrogen-bond acceptors (Lipinski definition) is 5. The van der Waals surface area contributed by atoms with E-state index < -0.39 is 11.8 Å². The van der Waals surface area contributed by atoms with E-state index in [1.54, 1.807) is 7.11 Å². The molecule has 2 aromatic rings. The molecule has 2 aromatic carbocycles. The van der Waals surface area contributed by atoms with Crippen LogP contribution < -0.4 is 4.74 Å². The largest absolute Gasteiger partial charge is 0.496 e. The van der Waals surface area contributed by atoms with Crippen LogP contribution in [0.15, 0.2) is 70.9 Å². The first-order valence-electron chi connectivity index (χ1n) is 11.1. The zero-order valence-electron chi connectivity index (χ0n) is 19.0. The van der Waals surface area contributed by atoms with Crippen molar-refractivity contribution in [3.05, 3.63) is 77.0 Å². The van der Waals surface area contributed by atoms with E-state index in [9.17, 15) is 9.59 Å². The van der Waals surface area contributed by atoms with Gasteiger partial charge in [0.15, 0.2) is 5.78 Å². The second-order valence-electron chi connectivity index (χ2n) is 8.74. The fourth-order valence-corrected chi connectivity index (χ4v) is 4.89. The second kappa shape index (κ2) is 9.11. The third kappa shape index (κ3) is 4.12. The van der Waals surface area contributed by atoms with Crippen molar-refractivity contribution in [2.24, 2.45) is 10.9 Å². The molecule has 166 valence electrons. The lowest BCUT2D eigenvalue weighted by molar-refractivity contribution is -0.150. The summed E-state index contributed by atoms with van der Waals surface area (Å²) in [5.41, 5.74) is 4.02. The van der Waals surface area contributed by atoms with E-state index in [2.05, 4.69) is 12.1 Å². The number of esters is 1. The highest BCUT2D eigenvalue weighted by Gasteiger charge is 2.45. The number of ether oxygens (including phenoxy) is 2. The lowest BCUT2D eigenvalue weighted by Gasteiger charge is -2.37. The van der Waals surface area contributed by atoms with Gasteiger partial charge in [-0.1, -0.05) is 48.5 Å². The molecule has 1 aliphatic heterocycles. The number of carbonyl (C=O) groups excluding carboxylic acids is 2. The van der Waals surface area contributed by atoms with Crippen LogP contribution in [0.3, 0.4) is 0 Å². The quantitative estimate of drug-likeness (QED) is 0.609. The summed E-state index contributed by atoms with van der Waals surface area (Å²) in [6, 6.07) is 17.7. The number of nitrogens with zero attached hydrogens (tertiary/aromatic N) is 1. The molecule has 0 radical (unpaired) electrons. The monoisotopic (exact) mass is 431 g/mol. The van der Waals surface area contributed by atoms with Gasteiger partial charge in [-0.25, -0.2) is 0 Å². The van der Waals surface area contributed by atoms with Crippen molar-refractivity contribution in [1.29, 1.82) is 0 Å². The average Bonchev–Trinajstić information content (AvgIpc) is 2.78. The summed E-state index contributed by atoms with van der Waals surface area (Å²) in [6.45, 7) is 5.51. The van der Waals surface area contributed by atoms with E-state index in [4.69, 9.17) is 14.5 Å². The Morgan fingerprint density at radius 1 is 1.03 bits per heavy atom. The summed E-state index contributed by atoms with van der Waals surface area (Å²) in [6.07, 6.45) is 0.809. The molecule has 0 saturated heterocycles. The number of benzene rings is 2. The molecule has 1 heterocycles. The molecule has 0 spiro atoms. The van der Waals surface area contributed by atoms with Crippen molar-refractivity contribution in [2.45, 2.75) is 51.6 Å². The molecule has 0 saturated carbocycles. The van der Waals surface area contributed by atoms with E-state index in [1.807, 2.05) is 63.2 Å². The minimum atomic E-state index is -0.662. The summed E-state index contributed by atoms with van der Waals surface area (Å²) in [7, 11) is 1.60. The SMILES string of the molecule is COc1ccccc1[C@H]1C2=C(C[C@@H](c3ccccc3)CC2=O)N=C(C)C1C(=O)OC(C)C. The van der Waals surface area contributed by atoms with Gasteiger partial charge in [-0.3, -0.25) is 14.6 Å². The number of hydrogen-bond donors (Lipinski definition) is 0. The molecule has 32 heavy (non-hydrogen) atoms. The van der Waals surface area contributed by atoms with E-state index in [1.165, 1.54) is 0 Å². The molecule has 0 amide bonds. The molecule has 0 fully saturated rings. The Balaban J connectivity index is 1.83. The van der Waals surface area contributed by atoms with Gasteiger partial charge in [0.1, 0.15) is 11.7 Å². The molecular formula is C27H29NO4. The van der Waals surface area contributed by atoms with Gasteiger partial charge in [0.2, 0.25) is 0 Å². The van der Waals surface area contributed by atoms with Crippen molar-refractivity contribution in [3.63, 3.8) is 0 Å². The van der Waals surface area contributed by atoms with Crippen LogP contribution in [0.1, 0.15) is 56.6 Å². The summed E-state index contributed by atoms with van der Waals surface area (Å²) < 4.78 is 11.2. The number of allylic oxidation sites excluding steroid dienone is 2. The van der Waals surface area contributed by atoms with Crippen molar-refractivity contribution in [2.75, 3.05) is 7.11 Å². The summed E-state index contributed by atoms with van der Waals surface area (Å²) in [5, 5.41) is 0. The van der Waals surface area contributed by atoms with Crippen LogP contribution in [0.4, 0.5) is 0 Å². The molecule has 1 aliphatic carbocycles. The molecular weight excluding hydrogens is 402 g/mol. The van der Waals surface area contributed by atoms with Crippen LogP contribution >= 0.6 is 0 Å². The maximum absolute atomic E-state index is 13.6. The average molecular weight is 432 g/mol. The van der Waals surface area contributed by atoms with Gasteiger partial charge in [-0.05, 0) is 44.7 Å². The van der Waals surface area contributed by atoms with E-state index in [-0.39, 0.29) is 23.8 Å². The van der Waals surface area contributed by atoms with Crippen LogP contribution in [0.5, 0.6) is 5.75 Å². The lowest BCUT2D eigenvalue weighted by atomic mass is 9.69. The third-order valence-electron chi connectivity index (χ3n) is 6.24. The highest BCUT2D eigenvalue weighted by atomic mass is 16.5. The zero-order valence-corrected chi connectivity index (χ0v) is 19.0. The first kappa shape index (κ1) is 22.0. The topological polar surface area (TPSA) is 65.0 Å². The van der Waals surface area contributed by atoms with Crippen LogP contribution in [0.25, 0.3) is 0 Å². The molecule has 3 atom stereocenters. The number of methoxy groups -OCH3 is 1. The van der Waals surface area contributed by atoms with Crippen LogP contribution in [0.2, 0.25) is 0 Å². The first-order chi connectivity index (χ1) is 15.4. The third-order valence-corrected chi connectivity index (χ3v) is 6.24. The number of aliphatic imine (C=N–C) groups is 1. The molecule has 4 rings (SSSR count). The van der Waals surface area contributed by atoms with Crippen LogP contribution in [-0.4, -0.2) is 30.7 Å². The molecule has 2 aliphatic rings. The lowest BCUT2D eigenvalue weighted by Crippen LogP contribution is -2.39. The molecule has 1 unspecified atom stereocenters. The Kier molecular flexibility index (Phi) is 6.26. The fraction of sp³-hybridized carbons (Fsp3) is 0.370. The Morgan fingerprint density at radius 3 is 2.41 bits per heavy atom. The van der Waals surface area contributed by atoms with Gasteiger partial charge in [0.05, 0.1) is 13.2 Å². The minimum absolute atomic E-state index is 0.0367. The molecule has 0 bridgehead atoms. The van der Waals surface area contributed by atoms with E-state index >= 15 is 0 Å². The van der Waals surface area contributed by atoms with Gasteiger partial charge in [0.25, 0.3) is 0 Å². The molecule has 5 nitrogen and oxygen atoms in total. The summed E-state index contributed by atoms with van der Waals surface area (Å²) in [5.74, 6) is -0.731. The Bertz CT molecular complexity index is 1080. The van der Waals surface area contributed by atoms with Crippen molar-refractivity contribution in [1.82, 2.24) is 0 Å². The summed E-state index contributed by atoms with van der Waals surface area (Å²) in [4.78, 5) is 31.6. The number of carbonyl (C=O) groups is 2. The molecule has 0 aromatic heterocycles. The number of Topliss-reactive ketones (excluding diaryl/α,β-unsaturated/α-hetero) is 1. The Hall–Kier alpha value is -3.21. The maximum Gasteiger partial charge on any atom is 0.315 e. The summed E-state index contributed by atoms with van der Waals surface area (Å²) >= 11 is 0. The Labute approximate surface area is 189 Å². The van der Waals surface area contributed by atoms with Gasteiger partial charge < -0.3 is 9.47 Å². The zero-order chi connectivity index (χ0) is 22.8. The van der Waals surface area contributed by atoms with E-state index in [0.29, 0.717) is 29.9 Å². The highest BCUT2D eigenvalue weighted by molar-refractivity contribution is 6.09. The normalized spacial score (nSPS) is 23.0. The van der Waals surface area contributed by atoms with Gasteiger partial charge in [-0.15, -0.1) is 0 Å². The van der Waals surface area contributed by atoms with Crippen molar-refractivity contribution >= 4 is 17.5 Å². The van der Waals surface area contributed by atoms with Gasteiger partial charge in [-0.2, -0.15) is 0 Å². The molecule has 5 heteroatoms. The predicted octanol–water partition coefficient (Wildman–Crippen LogP) is 5.22. The predicted molar refractivity (Wildman–Crippen MR) is 124 cm³/mol. The smallest absolute Gasteiger partial charge is 0.315 e. The van der Waals surface area contributed by atoms with Crippen molar-refractivity contribution < 1.29 is 19.1 Å². The number of ketones is 1. The second-order valence-corrected chi connectivity index (χ2v) is 8.74. The fourth-order valence-electron chi connectivity index (χ4n) is 4.89. The maximum atomic E-state index is 13.6. The van der Waals surface area contributed by atoms with Gasteiger partial charge in [0, 0.05) is 34.9 Å². The first-order valence-corrected chi connectivity index (χ1v) is 11.1. The minimum Gasteiger partial charge on any atom is -0.496 e. The number of para-hydroxylation sites is 1. The number of rotatable bonds is 5.